The maximum absolute atomic E-state index is 12.1. The van der Waals surface area contributed by atoms with Crippen molar-refractivity contribution in [1.29, 1.82) is 0 Å². The van der Waals surface area contributed by atoms with Crippen LogP contribution in [0.3, 0.4) is 0 Å². The van der Waals surface area contributed by atoms with E-state index in [4.69, 9.17) is 5.73 Å². The van der Waals surface area contributed by atoms with Crippen molar-refractivity contribution in [1.82, 2.24) is 10.2 Å². The summed E-state index contributed by atoms with van der Waals surface area (Å²) in [7, 11) is 1.76. The van der Waals surface area contributed by atoms with Crippen LogP contribution >= 0.6 is 0 Å². The molecule has 2 aliphatic rings. The van der Waals surface area contributed by atoms with Gasteiger partial charge in [0.15, 0.2) is 0 Å². The molecule has 1 heterocycles. The first-order valence-electron chi connectivity index (χ1n) is 6.35. The van der Waals surface area contributed by atoms with Crippen molar-refractivity contribution in [3.63, 3.8) is 0 Å². The summed E-state index contributed by atoms with van der Waals surface area (Å²) in [4.78, 5) is 25.1. The molecule has 0 radical (unpaired) electrons. The normalized spacial score (nSPS) is 28.2. The summed E-state index contributed by atoms with van der Waals surface area (Å²) in [5, 5.41) is 2.92. The van der Waals surface area contributed by atoms with Crippen LogP contribution in [-0.2, 0) is 9.59 Å². The van der Waals surface area contributed by atoms with Gasteiger partial charge in [0.2, 0.25) is 11.8 Å². The highest BCUT2D eigenvalue weighted by Gasteiger charge is 2.38. The van der Waals surface area contributed by atoms with E-state index in [-0.39, 0.29) is 17.9 Å². The summed E-state index contributed by atoms with van der Waals surface area (Å²) in [6, 6.07) is -0.0673. The monoisotopic (exact) mass is 239 g/mol. The Hall–Kier alpha value is -1.10. The Morgan fingerprint density at radius 1 is 1.41 bits per heavy atom. The molecule has 2 fully saturated rings. The van der Waals surface area contributed by atoms with E-state index >= 15 is 0 Å². The Kier molecular flexibility index (Phi) is 3.38. The SMILES string of the molecule is CN1CC(NC(=O)C2(N)CCCCC2)CC1=O. The van der Waals surface area contributed by atoms with Gasteiger partial charge in [0.25, 0.3) is 0 Å². The fraction of sp³-hybridized carbons (Fsp3) is 0.833. The van der Waals surface area contributed by atoms with Crippen LogP contribution in [0.25, 0.3) is 0 Å². The first kappa shape index (κ1) is 12.4. The molecule has 0 bridgehead atoms. The standard InChI is InChI=1S/C12H21N3O2/c1-15-8-9(7-10(15)16)14-11(17)12(13)5-3-2-4-6-12/h9H,2-8,13H2,1H3,(H,14,17). The van der Waals surface area contributed by atoms with E-state index in [9.17, 15) is 9.59 Å². The van der Waals surface area contributed by atoms with Gasteiger partial charge < -0.3 is 16.0 Å². The van der Waals surface area contributed by atoms with E-state index in [1.54, 1.807) is 11.9 Å². The van der Waals surface area contributed by atoms with Gasteiger partial charge in [-0.1, -0.05) is 19.3 Å². The van der Waals surface area contributed by atoms with Crippen molar-refractivity contribution in [2.24, 2.45) is 5.73 Å². The van der Waals surface area contributed by atoms with E-state index in [2.05, 4.69) is 5.32 Å². The summed E-state index contributed by atoms with van der Waals surface area (Å²) >= 11 is 0. The van der Waals surface area contributed by atoms with Gasteiger partial charge in [-0.3, -0.25) is 9.59 Å². The van der Waals surface area contributed by atoms with E-state index in [1.165, 1.54) is 0 Å². The van der Waals surface area contributed by atoms with Gasteiger partial charge in [0, 0.05) is 20.0 Å². The number of rotatable bonds is 2. The molecule has 5 nitrogen and oxygen atoms in total. The number of nitrogens with one attached hydrogen (secondary N) is 1. The predicted molar refractivity (Wildman–Crippen MR) is 64.2 cm³/mol. The lowest BCUT2D eigenvalue weighted by Crippen LogP contribution is -2.57. The molecule has 3 N–H and O–H groups in total. The van der Waals surface area contributed by atoms with Crippen LogP contribution in [0.4, 0.5) is 0 Å². The third-order valence-corrected chi connectivity index (χ3v) is 3.87. The molecule has 2 rings (SSSR count). The molecule has 1 aliphatic carbocycles. The predicted octanol–water partition coefficient (Wildman–Crippen LogP) is -0.00510. The van der Waals surface area contributed by atoms with Gasteiger partial charge in [0.1, 0.15) is 0 Å². The molecular weight excluding hydrogens is 218 g/mol. The minimum atomic E-state index is -0.706. The smallest absolute Gasteiger partial charge is 0.240 e. The molecule has 0 aromatic heterocycles. The van der Waals surface area contributed by atoms with Gasteiger partial charge in [-0.2, -0.15) is 0 Å². The number of likely N-dealkylation sites (N-methyl/N-ethyl adjacent to an activating group) is 1. The molecule has 1 saturated carbocycles. The minimum Gasteiger partial charge on any atom is -0.349 e. The highest BCUT2D eigenvalue weighted by molar-refractivity contribution is 5.88. The van der Waals surface area contributed by atoms with Crippen LogP contribution < -0.4 is 11.1 Å². The Bertz CT molecular complexity index is 324. The Morgan fingerprint density at radius 2 is 2.06 bits per heavy atom. The summed E-state index contributed by atoms with van der Waals surface area (Å²) in [5.74, 6) is 0.00955. The highest BCUT2D eigenvalue weighted by Crippen LogP contribution is 2.26. The molecule has 17 heavy (non-hydrogen) atoms. The lowest BCUT2D eigenvalue weighted by molar-refractivity contribution is -0.128. The summed E-state index contributed by atoms with van der Waals surface area (Å²) in [5.41, 5.74) is 5.43. The molecule has 5 heteroatoms. The first-order chi connectivity index (χ1) is 8.01. The largest absolute Gasteiger partial charge is 0.349 e. The number of hydrogen-bond acceptors (Lipinski definition) is 3. The average Bonchev–Trinajstić information content (AvgIpc) is 2.59. The fourth-order valence-corrected chi connectivity index (χ4v) is 2.70. The fourth-order valence-electron chi connectivity index (χ4n) is 2.70. The van der Waals surface area contributed by atoms with Crippen LogP contribution in [0.2, 0.25) is 0 Å². The molecule has 0 aromatic carbocycles. The van der Waals surface area contributed by atoms with E-state index in [1.807, 2.05) is 0 Å². The zero-order valence-corrected chi connectivity index (χ0v) is 10.4. The second kappa shape index (κ2) is 4.64. The minimum absolute atomic E-state index is 0.0673. The number of carbonyl (C=O) groups is 2. The van der Waals surface area contributed by atoms with Crippen molar-refractivity contribution >= 4 is 11.8 Å². The van der Waals surface area contributed by atoms with Crippen molar-refractivity contribution in [3.8, 4) is 0 Å². The molecule has 1 unspecified atom stereocenters. The molecule has 96 valence electrons. The van der Waals surface area contributed by atoms with Gasteiger partial charge in [-0.05, 0) is 12.8 Å². The third-order valence-electron chi connectivity index (χ3n) is 3.87. The second-order valence-corrected chi connectivity index (χ2v) is 5.37. The van der Waals surface area contributed by atoms with Crippen LogP contribution in [0.15, 0.2) is 0 Å². The molecule has 0 aromatic rings. The quantitative estimate of drug-likeness (QED) is 0.712. The lowest BCUT2D eigenvalue weighted by atomic mass is 9.81. The number of nitrogens with two attached hydrogens (primary N) is 1. The lowest BCUT2D eigenvalue weighted by Gasteiger charge is -2.32. The van der Waals surface area contributed by atoms with Crippen molar-refractivity contribution in [2.75, 3.05) is 13.6 Å². The van der Waals surface area contributed by atoms with E-state index in [0.717, 1.165) is 32.1 Å². The van der Waals surface area contributed by atoms with E-state index in [0.29, 0.717) is 13.0 Å². The Morgan fingerprint density at radius 3 is 2.59 bits per heavy atom. The molecular formula is C12H21N3O2. The summed E-state index contributed by atoms with van der Waals surface area (Å²) in [6.45, 7) is 0.598. The molecule has 1 saturated heterocycles. The van der Waals surface area contributed by atoms with Crippen LogP contribution in [0, 0.1) is 0 Å². The van der Waals surface area contributed by atoms with Crippen LogP contribution in [0.5, 0.6) is 0 Å². The molecule has 2 amide bonds. The number of hydrogen-bond donors (Lipinski definition) is 2. The van der Waals surface area contributed by atoms with Gasteiger partial charge >= 0.3 is 0 Å². The van der Waals surface area contributed by atoms with Gasteiger partial charge in [-0.15, -0.1) is 0 Å². The molecule has 1 aliphatic heterocycles. The van der Waals surface area contributed by atoms with Gasteiger partial charge in [0.05, 0.1) is 11.6 Å². The maximum Gasteiger partial charge on any atom is 0.240 e. The van der Waals surface area contributed by atoms with Crippen LogP contribution in [-0.4, -0.2) is 41.9 Å². The number of carbonyl (C=O) groups excluding carboxylic acids is 2. The number of nitrogens with zero attached hydrogens (tertiary/aromatic N) is 1. The number of likely N-dealkylation sites (tertiary alicyclic amines) is 1. The Balaban J connectivity index is 1.90. The topological polar surface area (TPSA) is 75.4 Å². The number of amides is 2. The Labute approximate surface area is 102 Å². The highest BCUT2D eigenvalue weighted by atomic mass is 16.2. The molecule has 1 atom stereocenters. The third kappa shape index (κ3) is 2.60. The first-order valence-corrected chi connectivity index (χ1v) is 6.35. The summed E-state index contributed by atoms with van der Waals surface area (Å²) in [6.07, 6.45) is 5.13. The average molecular weight is 239 g/mol. The second-order valence-electron chi connectivity index (χ2n) is 5.37. The molecule has 0 spiro atoms. The zero-order valence-electron chi connectivity index (χ0n) is 10.4. The van der Waals surface area contributed by atoms with Gasteiger partial charge in [-0.25, -0.2) is 0 Å². The van der Waals surface area contributed by atoms with Crippen LogP contribution in [0.1, 0.15) is 38.5 Å². The van der Waals surface area contributed by atoms with Crippen molar-refractivity contribution in [2.45, 2.75) is 50.1 Å². The zero-order chi connectivity index (χ0) is 12.5. The maximum atomic E-state index is 12.1. The van der Waals surface area contributed by atoms with Crippen molar-refractivity contribution < 1.29 is 9.59 Å². The van der Waals surface area contributed by atoms with E-state index < -0.39 is 5.54 Å². The summed E-state index contributed by atoms with van der Waals surface area (Å²) < 4.78 is 0. The van der Waals surface area contributed by atoms with Crippen molar-refractivity contribution in [3.05, 3.63) is 0 Å².